The van der Waals surface area contributed by atoms with E-state index >= 15 is 0 Å². The summed E-state index contributed by atoms with van der Waals surface area (Å²) in [5.41, 5.74) is 0. The van der Waals surface area contributed by atoms with E-state index in [2.05, 4.69) is 27.3 Å². The molecular formula is C12H21ClN4S. The monoisotopic (exact) mass is 288 g/mol. The summed E-state index contributed by atoms with van der Waals surface area (Å²) >= 11 is 7.32. The van der Waals surface area contributed by atoms with Crippen LogP contribution in [0.3, 0.4) is 0 Å². The van der Waals surface area contributed by atoms with Gasteiger partial charge >= 0.3 is 0 Å². The summed E-state index contributed by atoms with van der Waals surface area (Å²) in [4.78, 5) is 2.49. The van der Waals surface area contributed by atoms with Gasteiger partial charge in [0.2, 0.25) is 4.47 Å². The van der Waals surface area contributed by atoms with Crippen molar-refractivity contribution in [3.63, 3.8) is 0 Å². The van der Waals surface area contributed by atoms with Crippen LogP contribution in [0.4, 0.5) is 0 Å². The summed E-state index contributed by atoms with van der Waals surface area (Å²) in [7, 11) is 0. The molecule has 0 bridgehead atoms. The number of nitrogens with one attached hydrogen (secondary N) is 1. The Morgan fingerprint density at radius 1 is 1.39 bits per heavy atom. The van der Waals surface area contributed by atoms with Crippen molar-refractivity contribution in [1.82, 2.24) is 20.4 Å². The molecule has 0 aliphatic carbocycles. The number of piperidine rings is 1. The summed E-state index contributed by atoms with van der Waals surface area (Å²) < 4.78 is 0.545. The van der Waals surface area contributed by atoms with Crippen molar-refractivity contribution in [2.45, 2.75) is 32.7 Å². The fourth-order valence-electron chi connectivity index (χ4n) is 2.47. The zero-order chi connectivity index (χ0) is 12.8. The second-order valence-corrected chi connectivity index (χ2v) is 6.52. The van der Waals surface area contributed by atoms with E-state index in [0.29, 0.717) is 4.47 Å². The van der Waals surface area contributed by atoms with Crippen LogP contribution in [-0.4, -0.2) is 41.3 Å². The minimum absolute atomic E-state index is 0.545. The van der Waals surface area contributed by atoms with Gasteiger partial charge in [-0.25, -0.2) is 0 Å². The third-order valence-electron chi connectivity index (χ3n) is 3.32. The van der Waals surface area contributed by atoms with E-state index in [0.717, 1.165) is 37.1 Å². The Labute approximate surface area is 118 Å². The molecule has 1 aromatic heterocycles. The lowest BCUT2D eigenvalue weighted by Crippen LogP contribution is -2.36. The topological polar surface area (TPSA) is 41.1 Å². The van der Waals surface area contributed by atoms with Gasteiger partial charge in [-0.1, -0.05) is 18.3 Å². The van der Waals surface area contributed by atoms with Crippen molar-refractivity contribution in [3.8, 4) is 0 Å². The average molecular weight is 289 g/mol. The number of hydrogen-bond donors (Lipinski definition) is 1. The molecule has 0 spiro atoms. The molecule has 6 heteroatoms. The second kappa shape index (κ2) is 7.38. The molecule has 0 atom stereocenters. The molecule has 102 valence electrons. The van der Waals surface area contributed by atoms with Crippen LogP contribution in [0.1, 0.15) is 31.2 Å². The van der Waals surface area contributed by atoms with E-state index in [4.69, 9.17) is 11.6 Å². The Kier molecular flexibility index (Phi) is 5.82. The maximum Gasteiger partial charge on any atom is 0.207 e. The fourth-order valence-corrected chi connectivity index (χ4v) is 3.38. The highest BCUT2D eigenvalue weighted by Gasteiger charge is 2.17. The molecule has 0 amide bonds. The minimum Gasteiger partial charge on any atom is -0.317 e. The Hall–Kier alpha value is -0.230. The van der Waals surface area contributed by atoms with E-state index in [-0.39, 0.29) is 0 Å². The SMILES string of the molecule is CCCN(Cc1nnc(Cl)s1)CC1CCNCC1. The van der Waals surface area contributed by atoms with Gasteiger partial charge in [0, 0.05) is 6.54 Å². The predicted molar refractivity (Wildman–Crippen MR) is 76.1 cm³/mol. The minimum atomic E-state index is 0.545. The molecule has 4 nitrogen and oxygen atoms in total. The quantitative estimate of drug-likeness (QED) is 0.873. The van der Waals surface area contributed by atoms with E-state index in [1.807, 2.05) is 0 Å². The molecule has 2 rings (SSSR count). The van der Waals surface area contributed by atoms with Gasteiger partial charge in [-0.2, -0.15) is 0 Å². The highest BCUT2D eigenvalue weighted by molar-refractivity contribution is 7.15. The molecule has 1 fully saturated rings. The second-order valence-electron chi connectivity index (χ2n) is 4.88. The molecule has 18 heavy (non-hydrogen) atoms. The summed E-state index contributed by atoms with van der Waals surface area (Å²) in [6.45, 7) is 7.74. The molecular weight excluding hydrogens is 268 g/mol. The highest BCUT2D eigenvalue weighted by atomic mass is 35.5. The molecule has 0 unspecified atom stereocenters. The van der Waals surface area contributed by atoms with E-state index in [1.165, 1.54) is 37.1 Å². The largest absolute Gasteiger partial charge is 0.317 e. The first-order valence-corrected chi connectivity index (χ1v) is 7.88. The standard InChI is InChI=1S/C12H21ClN4S/c1-2-7-17(8-10-3-5-14-6-4-10)9-11-15-16-12(13)18-11/h10,14H,2-9H2,1H3. The number of nitrogens with zero attached hydrogens (tertiary/aromatic N) is 3. The molecule has 0 radical (unpaired) electrons. The highest BCUT2D eigenvalue weighted by Crippen LogP contribution is 2.19. The van der Waals surface area contributed by atoms with Crippen molar-refractivity contribution < 1.29 is 0 Å². The zero-order valence-electron chi connectivity index (χ0n) is 10.9. The van der Waals surface area contributed by atoms with Crippen LogP contribution in [0.25, 0.3) is 0 Å². The number of aromatic nitrogens is 2. The Bertz CT molecular complexity index is 352. The van der Waals surface area contributed by atoms with Gasteiger partial charge in [-0.15, -0.1) is 10.2 Å². The van der Waals surface area contributed by atoms with Crippen LogP contribution in [0.2, 0.25) is 4.47 Å². The molecule has 1 aromatic rings. The first-order valence-electron chi connectivity index (χ1n) is 6.69. The van der Waals surface area contributed by atoms with E-state index in [1.54, 1.807) is 0 Å². The molecule has 1 aliphatic heterocycles. The fraction of sp³-hybridized carbons (Fsp3) is 0.833. The molecule has 1 aliphatic rings. The lowest BCUT2D eigenvalue weighted by molar-refractivity contribution is 0.198. The van der Waals surface area contributed by atoms with Crippen LogP contribution in [-0.2, 0) is 6.54 Å². The lowest BCUT2D eigenvalue weighted by Gasteiger charge is -2.29. The Morgan fingerprint density at radius 3 is 2.78 bits per heavy atom. The maximum atomic E-state index is 5.83. The normalized spacial score (nSPS) is 17.5. The number of hydrogen-bond acceptors (Lipinski definition) is 5. The zero-order valence-corrected chi connectivity index (χ0v) is 12.4. The van der Waals surface area contributed by atoms with Gasteiger partial charge in [-0.05, 0) is 56.4 Å². The van der Waals surface area contributed by atoms with Crippen molar-refractivity contribution >= 4 is 22.9 Å². The van der Waals surface area contributed by atoms with Crippen LogP contribution in [0.5, 0.6) is 0 Å². The van der Waals surface area contributed by atoms with Gasteiger partial charge in [0.05, 0.1) is 6.54 Å². The van der Waals surface area contributed by atoms with Crippen molar-refractivity contribution in [3.05, 3.63) is 9.47 Å². The van der Waals surface area contributed by atoms with Crippen molar-refractivity contribution in [2.75, 3.05) is 26.2 Å². The molecule has 1 saturated heterocycles. The first-order chi connectivity index (χ1) is 8.78. The first kappa shape index (κ1) is 14.2. The maximum absolute atomic E-state index is 5.83. The molecule has 0 saturated carbocycles. The average Bonchev–Trinajstić information content (AvgIpc) is 2.76. The van der Waals surface area contributed by atoms with Gasteiger partial charge in [-0.3, -0.25) is 4.90 Å². The third-order valence-corrected chi connectivity index (χ3v) is 4.32. The summed E-state index contributed by atoms with van der Waals surface area (Å²) in [5, 5.41) is 12.4. The Balaban J connectivity index is 1.86. The van der Waals surface area contributed by atoms with Crippen molar-refractivity contribution in [1.29, 1.82) is 0 Å². The third kappa shape index (κ3) is 4.46. The number of halogens is 1. The smallest absolute Gasteiger partial charge is 0.207 e. The Morgan fingerprint density at radius 2 is 2.17 bits per heavy atom. The van der Waals surface area contributed by atoms with Crippen LogP contribution < -0.4 is 5.32 Å². The molecule has 2 heterocycles. The molecule has 1 N–H and O–H groups in total. The predicted octanol–water partition coefficient (Wildman–Crippen LogP) is 2.40. The molecule has 0 aromatic carbocycles. The van der Waals surface area contributed by atoms with Gasteiger partial charge < -0.3 is 5.32 Å². The number of rotatable bonds is 6. The summed E-state index contributed by atoms with van der Waals surface area (Å²) in [6.07, 6.45) is 3.76. The van der Waals surface area contributed by atoms with Gasteiger partial charge in [0.25, 0.3) is 0 Å². The lowest BCUT2D eigenvalue weighted by atomic mass is 9.97. The van der Waals surface area contributed by atoms with Crippen LogP contribution >= 0.6 is 22.9 Å². The van der Waals surface area contributed by atoms with Gasteiger partial charge in [0.15, 0.2) is 0 Å². The summed E-state index contributed by atoms with van der Waals surface area (Å²) in [5.74, 6) is 0.821. The van der Waals surface area contributed by atoms with E-state index in [9.17, 15) is 0 Å². The summed E-state index contributed by atoms with van der Waals surface area (Å²) in [6, 6.07) is 0. The van der Waals surface area contributed by atoms with E-state index < -0.39 is 0 Å². The van der Waals surface area contributed by atoms with Gasteiger partial charge in [0.1, 0.15) is 5.01 Å². The van der Waals surface area contributed by atoms with Crippen molar-refractivity contribution in [2.24, 2.45) is 5.92 Å². The van der Waals surface area contributed by atoms with Crippen LogP contribution in [0.15, 0.2) is 0 Å². The van der Waals surface area contributed by atoms with Crippen LogP contribution in [0, 0.1) is 5.92 Å².